The van der Waals surface area contributed by atoms with Crippen LogP contribution in [0.2, 0.25) is 0 Å². The van der Waals surface area contributed by atoms with E-state index >= 15 is 0 Å². The number of carbonyl (C=O) groups is 1. The molecule has 1 N–H and O–H groups in total. The molecule has 88 valence electrons. The van der Waals surface area contributed by atoms with Gasteiger partial charge in [-0.1, -0.05) is 0 Å². The third-order valence-corrected chi connectivity index (χ3v) is 3.30. The van der Waals surface area contributed by atoms with Crippen LogP contribution in [0.15, 0.2) is 23.3 Å². The van der Waals surface area contributed by atoms with Gasteiger partial charge in [0, 0.05) is 25.4 Å². The van der Waals surface area contributed by atoms with E-state index in [-0.39, 0.29) is 5.78 Å². The van der Waals surface area contributed by atoms with Crippen molar-refractivity contribution in [2.75, 3.05) is 14.2 Å². The van der Waals surface area contributed by atoms with E-state index in [1.807, 2.05) is 0 Å². The number of hydrogen-bond donors (Lipinski definition) is 1. The highest BCUT2D eigenvalue weighted by Gasteiger charge is 2.43. The number of ketones is 1. The average molecular weight is 224 g/mol. The molecule has 2 aliphatic rings. The Morgan fingerprint density at radius 2 is 2.12 bits per heavy atom. The minimum Gasteiger partial charge on any atom is -0.389 e. The summed E-state index contributed by atoms with van der Waals surface area (Å²) in [4.78, 5) is 11.7. The molecule has 1 atom stereocenters. The van der Waals surface area contributed by atoms with E-state index < -0.39 is 11.9 Å². The molecule has 0 aliphatic heterocycles. The molecular formula is C12H16O4. The Balaban J connectivity index is 2.53. The highest BCUT2D eigenvalue weighted by atomic mass is 16.7. The molecule has 2 rings (SSSR count). The van der Waals surface area contributed by atoms with Crippen LogP contribution in [0.25, 0.3) is 0 Å². The van der Waals surface area contributed by atoms with Crippen LogP contribution in [0.1, 0.15) is 19.3 Å². The van der Waals surface area contributed by atoms with Crippen LogP contribution in [-0.2, 0) is 14.3 Å². The van der Waals surface area contributed by atoms with Gasteiger partial charge < -0.3 is 14.6 Å². The molecule has 1 unspecified atom stereocenters. The first-order valence-corrected chi connectivity index (χ1v) is 5.40. The fourth-order valence-electron chi connectivity index (χ4n) is 2.47. The van der Waals surface area contributed by atoms with Crippen molar-refractivity contribution in [1.82, 2.24) is 0 Å². The van der Waals surface area contributed by atoms with Gasteiger partial charge in [-0.15, -0.1) is 0 Å². The number of hydrogen-bond acceptors (Lipinski definition) is 4. The molecule has 0 amide bonds. The zero-order chi connectivity index (χ0) is 11.8. The van der Waals surface area contributed by atoms with Gasteiger partial charge in [0.2, 0.25) is 5.79 Å². The molecule has 0 aromatic heterocycles. The van der Waals surface area contributed by atoms with Crippen LogP contribution in [-0.4, -0.2) is 37.0 Å². The maximum Gasteiger partial charge on any atom is 0.214 e. The summed E-state index contributed by atoms with van der Waals surface area (Å²) in [6.45, 7) is 0. The van der Waals surface area contributed by atoms with Crippen LogP contribution < -0.4 is 0 Å². The lowest BCUT2D eigenvalue weighted by atomic mass is 9.79. The van der Waals surface area contributed by atoms with E-state index in [1.165, 1.54) is 20.3 Å². The van der Waals surface area contributed by atoms with E-state index in [4.69, 9.17) is 9.47 Å². The van der Waals surface area contributed by atoms with Crippen molar-refractivity contribution < 1.29 is 19.4 Å². The largest absolute Gasteiger partial charge is 0.389 e. The molecule has 0 bridgehead atoms. The Kier molecular flexibility index (Phi) is 2.97. The van der Waals surface area contributed by atoms with Gasteiger partial charge in [-0.05, 0) is 31.4 Å². The second-order valence-electron chi connectivity index (χ2n) is 4.07. The second kappa shape index (κ2) is 4.13. The van der Waals surface area contributed by atoms with Crippen LogP contribution in [0.5, 0.6) is 0 Å². The van der Waals surface area contributed by atoms with E-state index in [2.05, 4.69) is 0 Å². The first-order valence-electron chi connectivity index (χ1n) is 5.40. The molecule has 0 aromatic rings. The zero-order valence-corrected chi connectivity index (χ0v) is 9.53. The lowest BCUT2D eigenvalue weighted by molar-refractivity contribution is -0.155. The zero-order valence-electron chi connectivity index (χ0n) is 9.53. The first-order chi connectivity index (χ1) is 7.64. The average Bonchev–Trinajstić information content (AvgIpc) is 2.31. The molecule has 0 radical (unpaired) electrons. The summed E-state index contributed by atoms with van der Waals surface area (Å²) in [5.74, 6) is -1.11. The van der Waals surface area contributed by atoms with E-state index in [9.17, 15) is 9.90 Å². The minimum atomic E-state index is -1.07. The van der Waals surface area contributed by atoms with Gasteiger partial charge in [0.05, 0.1) is 6.10 Å². The fourth-order valence-corrected chi connectivity index (χ4v) is 2.47. The smallest absolute Gasteiger partial charge is 0.214 e. The Bertz CT molecular complexity index is 363. The predicted molar refractivity (Wildman–Crippen MR) is 57.8 cm³/mol. The van der Waals surface area contributed by atoms with Crippen LogP contribution in [0.3, 0.4) is 0 Å². The van der Waals surface area contributed by atoms with Crippen LogP contribution >= 0.6 is 0 Å². The van der Waals surface area contributed by atoms with Crippen molar-refractivity contribution in [2.45, 2.75) is 31.2 Å². The lowest BCUT2D eigenvalue weighted by Gasteiger charge is -2.38. The predicted octanol–water partition coefficient (Wildman–Crippen LogP) is 0.956. The van der Waals surface area contributed by atoms with E-state index in [1.54, 1.807) is 6.08 Å². The SMILES string of the molecule is COC1(OC)C=CC(=O)C2=C1C(O)CCC2. The third-order valence-electron chi connectivity index (χ3n) is 3.30. The molecule has 0 heterocycles. The normalized spacial score (nSPS) is 28.2. The van der Waals surface area contributed by atoms with Gasteiger partial charge in [-0.2, -0.15) is 0 Å². The molecule has 0 saturated carbocycles. The molecule has 4 nitrogen and oxygen atoms in total. The third kappa shape index (κ3) is 1.54. The first kappa shape index (κ1) is 11.5. The monoisotopic (exact) mass is 224 g/mol. The van der Waals surface area contributed by atoms with E-state index in [0.717, 1.165) is 6.42 Å². The standard InChI is InChI=1S/C12H16O4/c1-15-12(16-2)7-6-9(13)8-4-3-5-10(14)11(8)12/h6-7,10,14H,3-5H2,1-2H3. The van der Waals surface area contributed by atoms with Gasteiger partial charge in [0.25, 0.3) is 0 Å². The number of aliphatic hydroxyl groups is 1. The van der Waals surface area contributed by atoms with Gasteiger partial charge in [-0.3, -0.25) is 4.79 Å². The molecule has 4 heteroatoms. The van der Waals surface area contributed by atoms with E-state index in [0.29, 0.717) is 24.0 Å². The molecule has 0 aromatic carbocycles. The molecular weight excluding hydrogens is 208 g/mol. The number of carbonyl (C=O) groups excluding carboxylic acids is 1. The number of ether oxygens (including phenoxy) is 2. The van der Waals surface area contributed by atoms with Crippen molar-refractivity contribution in [3.8, 4) is 0 Å². The van der Waals surface area contributed by atoms with Crippen molar-refractivity contribution in [2.24, 2.45) is 0 Å². The molecule has 16 heavy (non-hydrogen) atoms. The molecule has 0 fully saturated rings. The quantitative estimate of drug-likeness (QED) is 0.710. The van der Waals surface area contributed by atoms with Crippen LogP contribution in [0, 0.1) is 0 Å². The summed E-state index contributed by atoms with van der Waals surface area (Å²) in [6, 6.07) is 0. The summed E-state index contributed by atoms with van der Waals surface area (Å²) in [5.41, 5.74) is 1.22. The topological polar surface area (TPSA) is 55.8 Å². The molecule has 2 aliphatic carbocycles. The van der Waals surface area contributed by atoms with Gasteiger partial charge in [-0.25, -0.2) is 0 Å². The summed E-state index contributed by atoms with van der Waals surface area (Å²) in [5, 5.41) is 10.0. The summed E-state index contributed by atoms with van der Waals surface area (Å²) < 4.78 is 10.7. The Morgan fingerprint density at radius 3 is 2.75 bits per heavy atom. The van der Waals surface area contributed by atoms with Crippen LogP contribution in [0.4, 0.5) is 0 Å². The Labute approximate surface area is 94.5 Å². The van der Waals surface area contributed by atoms with Crippen molar-refractivity contribution in [3.05, 3.63) is 23.3 Å². The van der Waals surface area contributed by atoms with Crippen molar-refractivity contribution in [1.29, 1.82) is 0 Å². The summed E-state index contributed by atoms with van der Waals surface area (Å²) in [6.07, 6.45) is 4.53. The minimum absolute atomic E-state index is 0.0431. The maximum atomic E-state index is 11.7. The van der Waals surface area contributed by atoms with Gasteiger partial charge >= 0.3 is 0 Å². The maximum absolute atomic E-state index is 11.7. The molecule has 0 spiro atoms. The molecule has 0 saturated heterocycles. The van der Waals surface area contributed by atoms with Gasteiger partial charge in [0.15, 0.2) is 5.78 Å². The highest BCUT2D eigenvalue weighted by Crippen LogP contribution is 2.39. The summed E-state index contributed by atoms with van der Waals surface area (Å²) in [7, 11) is 3.02. The Hall–Kier alpha value is -0.970. The fraction of sp³-hybridized carbons (Fsp3) is 0.583. The second-order valence-corrected chi connectivity index (χ2v) is 4.07. The highest BCUT2D eigenvalue weighted by molar-refractivity contribution is 6.06. The lowest BCUT2D eigenvalue weighted by Crippen LogP contribution is -2.44. The number of methoxy groups -OCH3 is 2. The van der Waals surface area contributed by atoms with Crippen molar-refractivity contribution in [3.63, 3.8) is 0 Å². The van der Waals surface area contributed by atoms with Gasteiger partial charge in [0.1, 0.15) is 0 Å². The number of aliphatic hydroxyl groups excluding tert-OH is 1. The number of allylic oxidation sites excluding steroid dienone is 2. The Morgan fingerprint density at radius 1 is 1.44 bits per heavy atom. The van der Waals surface area contributed by atoms with Crippen molar-refractivity contribution >= 4 is 5.78 Å². The number of rotatable bonds is 2. The summed E-state index contributed by atoms with van der Waals surface area (Å²) >= 11 is 0.